The van der Waals surface area contributed by atoms with Crippen LogP contribution in [0.15, 0.2) is 23.6 Å². The first-order valence-corrected chi connectivity index (χ1v) is 13.3. The van der Waals surface area contributed by atoms with Gasteiger partial charge < -0.3 is 29.7 Å². The van der Waals surface area contributed by atoms with Crippen LogP contribution in [-0.4, -0.2) is 93.1 Å². The highest BCUT2D eigenvalue weighted by molar-refractivity contribution is 7.14. The zero-order valence-corrected chi connectivity index (χ0v) is 21.5. The van der Waals surface area contributed by atoms with Crippen molar-refractivity contribution < 1.29 is 23.8 Å². The van der Waals surface area contributed by atoms with E-state index in [0.29, 0.717) is 43.3 Å². The molecule has 0 aliphatic carbocycles. The number of morpholine rings is 1. The number of hydrogen-bond acceptors (Lipinski definition) is 9. The summed E-state index contributed by atoms with van der Waals surface area (Å²) in [5.41, 5.74) is 2.25. The summed E-state index contributed by atoms with van der Waals surface area (Å²) in [5.74, 6) is -0.558. The van der Waals surface area contributed by atoms with Crippen molar-refractivity contribution in [2.24, 2.45) is 0 Å². The topological polar surface area (TPSA) is 105 Å². The summed E-state index contributed by atoms with van der Waals surface area (Å²) >= 11 is 1.43. The highest BCUT2D eigenvalue weighted by atomic mass is 32.1. The molecule has 36 heavy (non-hydrogen) atoms. The molecule has 3 aliphatic rings. The number of carbonyl (C=O) groups excluding carboxylic acids is 2. The van der Waals surface area contributed by atoms with E-state index in [1.54, 1.807) is 12.5 Å². The summed E-state index contributed by atoms with van der Waals surface area (Å²) in [4.78, 5) is 35.2. The third kappa shape index (κ3) is 5.87. The first-order chi connectivity index (χ1) is 17.5. The predicted octanol–water partition coefficient (Wildman–Crippen LogP) is 1.97. The molecule has 0 unspecified atom stereocenters. The molecule has 2 aromatic rings. The van der Waals surface area contributed by atoms with Gasteiger partial charge in [-0.2, -0.15) is 0 Å². The first kappa shape index (κ1) is 25.1. The molecule has 3 saturated heterocycles. The van der Waals surface area contributed by atoms with E-state index in [1.807, 2.05) is 18.2 Å². The van der Waals surface area contributed by atoms with Crippen LogP contribution in [0.2, 0.25) is 0 Å². The maximum Gasteiger partial charge on any atom is 0.275 e. The van der Waals surface area contributed by atoms with E-state index in [4.69, 9.17) is 14.2 Å². The van der Waals surface area contributed by atoms with Crippen molar-refractivity contribution in [2.75, 3.05) is 63.3 Å². The van der Waals surface area contributed by atoms with Crippen LogP contribution in [0.25, 0.3) is 0 Å². The van der Waals surface area contributed by atoms with E-state index < -0.39 is 0 Å². The fourth-order valence-electron chi connectivity index (χ4n) is 4.63. The van der Waals surface area contributed by atoms with Gasteiger partial charge in [0.05, 0.1) is 42.7 Å². The minimum atomic E-state index is -0.339. The van der Waals surface area contributed by atoms with E-state index in [9.17, 15) is 9.59 Å². The molecule has 4 heterocycles. The first-order valence-electron chi connectivity index (χ1n) is 12.4. The van der Waals surface area contributed by atoms with Gasteiger partial charge in [0, 0.05) is 51.8 Å². The molecule has 0 saturated carbocycles. The monoisotopic (exact) mass is 515 g/mol. The Kier molecular flexibility index (Phi) is 7.82. The van der Waals surface area contributed by atoms with Crippen LogP contribution in [0.5, 0.6) is 0 Å². The summed E-state index contributed by atoms with van der Waals surface area (Å²) in [6.45, 7) is 7.83. The lowest BCUT2D eigenvalue weighted by Gasteiger charge is -2.37. The van der Waals surface area contributed by atoms with E-state index in [-0.39, 0.29) is 30.1 Å². The molecular weight excluding hydrogens is 482 g/mol. The molecule has 0 spiro atoms. The average molecular weight is 516 g/mol. The Bertz CT molecular complexity index is 1080. The zero-order valence-electron chi connectivity index (χ0n) is 20.7. The molecule has 194 valence electrons. The molecular formula is C25H33N5O5S. The Morgan fingerprint density at radius 2 is 2.08 bits per heavy atom. The second-order valence-corrected chi connectivity index (χ2v) is 10.4. The molecule has 11 heteroatoms. The van der Waals surface area contributed by atoms with Crippen LogP contribution in [-0.2, 0) is 20.8 Å². The lowest BCUT2D eigenvalue weighted by molar-refractivity contribution is -0.0212. The Morgan fingerprint density at radius 1 is 1.22 bits per heavy atom. The summed E-state index contributed by atoms with van der Waals surface area (Å²) in [5, 5.41) is 8.50. The maximum absolute atomic E-state index is 13.3. The van der Waals surface area contributed by atoms with Gasteiger partial charge >= 0.3 is 0 Å². The summed E-state index contributed by atoms with van der Waals surface area (Å²) in [6.07, 6.45) is 1.17. The van der Waals surface area contributed by atoms with Gasteiger partial charge in [-0.1, -0.05) is 6.07 Å². The van der Waals surface area contributed by atoms with E-state index >= 15 is 0 Å². The standard InChI is InChI=1S/C25H33N5O5S/c1-16-10-29(6-8-35-16)11-17-3-4-21(20(9-17)23(31)26-18-5-7-34-14-18)27-24(32)22-15-36-25(28-22)30-12-19(13-30)33-2/h3-4,9,15-16,18-19H,5-8,10-14H2,1-2H3,(H,26,31)(H,27,32)/t16-,18-/m0/s1. The van der Waals surface area contributed by atoms with Crippen molar-refractivity contribution in [3.63, 3.8) is 0 Å². The van der Waals surface area contributed by atoms with Crippen LogP contribution in [0.4, 0.5) is 10.8 Å². The lowest BCUT2D eigenvalue weighted by Crippen LogP contribution is -2.51. The molecule has 0 bridgehead atoms. The van der Waals surface area contributed by atoms with Crippen LogP contribution in [0.3, 0.4) is 0 Å². The van der Waals surface area contributed by atoms with Gasteiger partial charge in [-0.15, -0.1) is 11.3 Å². The number of thiazole rings is 1. The number of ether oxygens (including phenoxy) is 3. The number of nitrogens with zero attached hydrogens (tertiary/aromatic N) is 3. The average Bonchev–Trinajstić information content (AvgIpc) is 3.52. The SMILES string of the molecule is COC1CN(c2nc(C(=O)Nc3ccc(CN4CCO[C@@H](C)C4)cc3C(=O)N[C@H]3CCOC3)cs2)C1. The Balaban J connectivity index is 1.31. The summed E-state index contributed by atoms with van der Waals surface area (Å²) < 4.78 is 16.4. The van der Waals surface area contributed by atoms with Crippen molar-refractivity contribution >= 4 is 34.0 Å². The van der Waals surface area contributed by atoms with Gasteiger partial charge in [-0.3, -0.25) is 14.5 Å². The molecule has 1 aromatic carbocycles. The largest absolute Gasteiger partial charge is 0.379 e. The molecule has 3 fully saturated rings. The molecule has 2 N–H and O–H groups in total. The number of hydrogen-bond donors (Lipinski definition) is 2. The second kappa shape index (κ2) is 11.2. The summed E-state index contributed by atoms with van der Waals surface area (Å²) in [7, 11) is 1.70. The van der Waals surface area contributed by atoms with E-state index in [2.05, 4.69) is 32.3 Å². The number of aromatic nitrogens is 1. The zero-order chi connectivity index (χ0) is 25.1. The fraction of sp³-hybridized carbons (Fsp3) is 0.560. The lowest BCUT2D eigenvalue weighted by atomic mass is 10.1. The van der Waals surface area contributed by atoms with Gasteiger partial charge in [0.15, 0.2) is 5.13 Å². The van der Waals surface area contributed by atoms with Crippen LogP contribution in [0.1, 0.15) is 39.8 Å². The van der Waals surface area contributed by atoms with Gasteiger partial charge in [0.2, 0.25) is 0 Å². The Labute approximate surface area is 214 Å². The maximum atomic E-state index is 13.3. The van der Waals surface area contributed by atoms with Crippen molar-refractivity contribution in [1.29, 1.82) is 0 Å². The van der Waals surface area contributed by atoms with E-state index in [0.717, 1.165) is 43.3 Å². The quantitative estimate of drug-likeness (QED) is 0.550. The second-order valence-electron chi connectivity index (χ2n) is 9.56. The van der Waals surface area contributed by atoms with Gasteiger partial charge in [0.1, 0.15) is 5.69 Å². The van der Waals surface area contributed by atoms with Crippen molar-refractivity contribution in [1.82, 2.24) is 15.2 Å². The number of carbonyl (C=O) groups is 2. The van der Waals surface area contributed by atoms with Crippen molar-refractivity contribution in [2.45, 2.75) is 38.1 Å². The minimum Gasteiger partial charge on any atom is -0.379 e. The normalized spacial score (nSPS) is 22.9. The Morgan fingerprint density at radius 3 is 2.83 bits per heavy atom. The third-order valence-electron chi connectivity index (χ3n) is 6.75. The van der Waals surface area contributed by atoms with Gasteiger partial charge in [-0.25, -0.2) is 4.98 Å². The number of anilines is 2. The molecule has 10 nitrogen and oxygen atoms in total. The number of rotatable bonds is 8. The van der Waals surface area contributed by atoms with Crippen molar-refractivity contribution in [3.05, 3.63) is 40.4 Å². The smallest absolute Gasteiger partial charge is 0.275 e. The number of nitrogens with one attached hydrogen (secondary N) is 2. The predicted molar refractivity (Wildman–Crippen MR) is 137 cm³/mol. The number of amides is 2. The van der Waals surface area contributed by atoms with E-state index in [1.165, 1.54) is 11.3 Å². The molecule has 1 aromatic heterocycles. The van der Waals surface area contributed by atoms with Gasteiger partial charge in [0.25, 0.3) is 11.8 Å². The number of methoxy groups -OCH3 is 1. The highest BCUT2D eigenvalue weighted by Crippen LogP contribution is 2.27. The van der Waals surface area contributed by atoms with Crippen LogP contribution < -0.4 is 15.5 Å². The molecule has 2 amide bonds. The molecule has 3 aliphatic heterocycles. The van der Waals surface area contributed by atoms with Gasteiger partial charge in [-0.05, 0) is 31.0 Å². The number of benzene rings is 1. The fourth-order valence-corrected chi connectivity index (χ4v) is 5.46. The highest BCUT2D eigenvalue weighted by Gasteiger charge is 2.29. The van der Waals surface area contributed by atoms with Crippen molar-refractivity contribution in [3.8, 4) is 0 Å². The summed E-state index contributed by atoms with van der Waals surface area (Å²) in [6, 6.07) is 5.61. The minimum absolute atomic E-state index is 0.0293. The van der Waals surface area contributed by atoms with Crippen LogP contribution >= 0.6 is 11.3 Å². The Hall–Kier alpha value is -2.57. The third-order valence-corrected chi connectivity index (χ3v) is 7.65. The van der Waals surface area contributed by atoms with Crippen LogP contribution in [0, 0.1) is 0 Å². The molecule has 0 radical (unpaired) electrons. The molecule has 2 atom stereocenters. The molecule has 5 rings (SSSR count).